The van der Waals surface area contributed by atoms with Crippen LogP contribution in [0.5, 0.6) is 11.5 Å². The lowest BCUT2D eigenvalue weighted by Gasteiger charge is -2.29. The van der Waals surface area contributed by atoms with Gasteiger partial charge in [0, 0.05) is 19.9 Å². The van der Waals surface area contributed by atoms with Gasteiger partial charge in [-0.15, -0.1) is 0 Å². The van der Waals surface area contributed by atoms with Crippen LogP contribution in [0.25, 0.3) is 0 Å². The maximum absolute atomic E-state index is 12.9. The molecule has 3 aliphatic heterocycles. The molecule has 3 N–H and O–H groups in total. The van der Waals surface area contributed by atoms with Gasteiger partial charge in [0.05, 0.1) is 33.4 Å². The lowest BCUT2D eigenvalue weighted by Crippen LogP contribution is -2.62. The minimum atomic E-state index is -0.836. The number of carbonyl (C=O) groups excluding carboxylic acids is 8. The Morgan fingerprint density at radius 2 is 1.00 bits per heavy atom. The van der Waals surface area contributed by atoms with Gasteiger partial charge in [0.1, 0.15) is 23.6 Å². The number of piperazine rings is 1. The van der Waals surface area contributed by atoms with E-state index in [4.69, 9.17) is 9.47 Å². The maximum Gasteiger partial charge on any atom is 0.343 e. The number of nitrogens with zero attached hydrogens (tertiary/aromatic N) is 1. The van der Waals surface area contributed by atoms with Crippen molar-refractivity contribution in [2.45, 2.75) is 24.9 Å². The van der Waals surface area contributed by atoms with Crippen LogP contribution in [-0.2, 0) is 22.4 Å². The van der Waals surface area contributed by atoms with Gasteiger partial charge in [0.2, 0.25) is 11.8 Å². The predicted octanol–water partition coefficient (Wildman–Crippen LogP) is 2.00. The van der Waals surface area contributed by atoms with Crippen molar-refractivity contribution in [3.05, 3.63) is 129 Å². The van der Waals surface area contributed by atoms with Gasteiger partial charge < -0.3 is 20.1 Å². The minimum absolute atomic E-state index is 0.0947. The lowest BCUT2D eigenvalue weighted by atomic mass is 9.98. The summed E-state index contributed by atoms with van der Waals surface area (Å²) in [6, 6.07) is 19.3. The van der Waals surface area contributed by atoms with Crippen LogP contribution in [0.15, 0.2) is 84.9 Å². The molecule has 0 radical (unpaired) electrons. The summed E-state index contributed by atoms with van der Waals surface area (Å²) < 4.78 is 10.8. The number of benzene rings is 4. The van der Waals surface area contributed by atoms with E-state index in [1.54, 1.807) is 36.4 Å². The molecule has 7 rings (SSSR count). The number of fused-ring (bicyclic) bond motifs is 2. The first-order chi connectivity index (χ1) is 24.4. The number of imide groups is 2. The van der Waals surface area contributed by atoms with E-state index in [-0.39, 0.29) is 69.5 Å². The van der Waals surface area contributed by atoms with E-state index in [2.05, 4.69) is 16.0 Å². The molecule has 51 heavy (non-hydrogen) atoms. The van der Waals surface area contributed by atoms with E-state index in [1.807, 2.05) is 0 Å². The van der Waals surface area contributed by atoms with Crippen molar-refractivity contribution in [1.29, 1.82) is 0 Å². The number of nitrogens with one attached hydrogen (secondary N) is 3. The highest BCUT2D eigenvalue weighted by Gasteiger charge is 2.35. The molecule has 0 aliphatic carbocycles. The zero-order chi connectivity index (χ0) is 36.0. The van der Waals surface area contributed by atoms with Crippen molar-refractivity contribution in [2.75, 3.05) is 7.05 Å². The molecular formula is C37H26N4O10. The SMILES string of the molecule is CN1C(=O)c2ccc(C(=O)Oc3ccc(CC4NC(=O)C(Cc5ccc(OC(=O)c6ccc7c(c6)C(=O)NC7=O)cc5)NC4=O)cc3)cc2C1=O. The fourth-order valence-electron chi connectivity index (χ4n) is 5.94. The summed E-state index contributed by atoms with van der Waals surface area (Å²) in [6.45, 7) is 0. The number of hydrogen-bond donors (Lipinski definition) is 3. The molecular weight excluding hydrogens is 660 g/mol. The van der Waals surface area contributed by atoms with Gasteiger partial charge in [-0.05, 0) is 71.8 Å². The molecule has 2 atom stereocenters. The average molecular weight is 687 g/mol. The van der Waals surface area contributed by atoms with Crippen LogP contribution in [0.2, 0.25) is 0 Å². The smallest absolute Gasteiger partial charge is 0.343 e. The third-order valence-corrected chi connectivity index (χ3v) is 8.71. The first-order valence-electron chi connectivity index (χ1n) is 15.6. The highest BCUT2D eigenvalue weighted by Crippen LogP contribution is 2.25. The van der Waals surface area contributed by atoms with Crippen LogP contribution in [0.3, 0.4) is 0 Å². The summed E-state index contributed by atoms with van der Waals surface area (Å²) in [5.41, 5.74) is 2.22. The molecule has 4 aromatic rings. The molecule has 3 heterocycles. The summed E-state index contributed by atoms with van der Waals surface area (Å²) in [4.78, 5) is 100. The van der Waals surface area contributed by atoms with E-state index < -0.39 is 47.7 Å². The fourth-order valence-corrected chi connectivity index (χ4v) is 5.94. The van der Waals surface area contributed by atoms with Crippen molar-refractivity contribution >= 4 is 47.4 Å². The Bertz CT molecular complexity index is 2210. The summed E-state index contributed by atoms with van der Waals surface area (Å²) in [5, 5.41) is 7.67. The third-order valence-electron chi connectivity index (χ3n) is 8.71. The summed E-state index contributed by atoms with van der Waals surface area (Å²) >= 11 is 0. The number of carbonyl (C=O) groups is 8. The van der Waals surface area contributed by atoms with Gasteiger partial charge in [-0.2, -0.15) is 0 Å². The molecule has 1 fully saturated rings. The summed E-state index contributed by atoms with van der Waals surface area (Å²) in [5.74, 6) is -3.80. The second-order valence-corrected chi connectivity index (χ2v) is 12.1. The number of rotatable bonds is 8. The predicted molar refractivity (Wildman–Crippen MR) is 175 cm³/mol. The van der Waals surface area contributed by atoms with Crippen molar-refractivity contribution < 1.29 is 47.8 Å². The molecule has 0 spiro atoms. The molecule has 254 valence electrons. The van der Waals surface area contributed by atoms with Gasteiger partial charge in [-0.3, -0.25) is 39.0 Å². The Labute approximate surface area is 288 Å². The molecule has 6 amide bonds. The normalized spacial score (nSPS) is 17.7. The Balaban J connectivity index is 0.905. The Morgan fingerprint density at radius 3 is 1.51 bits per heavy atom. The van der Waals surface area contributed by atoms with Gasteiger partial charge in [0.25, 0.3) is 23.6 Å². The maximum atomic E-state index is 12.9. The molecule has 3 aliphatic rings. The van der Waals surface area contributed by atoms with Crippen molar-refractivity contribution in [3.8, 4) is 11.5 Å². The number of esters is 2. The lowest BCUT2D eigenvalue weighted by molar-refractivity contribution is -0.136. The van der Waals surface area contributed by atoms with Crippen LogP contribution >= 0.6 is 0 Å². The van der Waals surface area contributed by atoms with Crippen LogP contribution in [0, 0.1) is 0 Å². The zero-order valence-corrected chi connectivity index (χ0v) is 26.7. The monoisotopic (exact) mass is 686 g/mol. The van der Waals surface area contributed by atoms with Crippen molar-refractivity contribution in [1.82, 2.24) is 20.9 Å². The highest BCUT2D eigenvalue weighted by atomic mass is 16.5. The molecule has 0 aromatic heterocycles. The second kappa shape index (κ2) is 12.8. The number of hydrogen-bond acceptors (Lipinski definition) is 10. The quantitative estimate of drug-likeness (QED) is 0.140. The molecule has 1 saturated heterocycles. The van der Waals surface area contributed by atoms with E-state index in [0.717, 1.165) is 4.90 Å². The standard InChI is InChI=1S/C37H26N4O10/c1-41-34(46)25-13-7-21(17-27(25)35(41)47)37(49)51-23-10-4-19(5-11-23)15-29-33(45)38-28(32(44)39-29)14-18-2-8-22(9-3-18)50-36(48)20-6-12-24-26(16-20)31(43)40-30(24)42/h2-13,16-17,28-29H,14-15H2,1H3,(H,38,45)(H,39,44)(H,40,42,43). The van der Waals surface area contributed by atoms with Gasteiger partial charge in [-0.1, -0.05) is 24.3 Å². The van der Waals surface area contributed by atoms with E-state index >= 15 is 0 Å². The first kappa shape index (κ1) is 32.6. The Kier molecular flexibility index (Phi) is 8.19. The van der Waals surface area contributed by atoms with Crippen LogP contribution in [-0.4, -0.2) is 71.4 Å². The Morgan fingerprint density at radius 1 is 0.569 bits per heavy atom. The molecule has 0 bridgehead atoms. The highest BCUT2D eigenvalue weighted by molar-refractivity contribution is 6.22. The van der Waals surface area contributed by atoms with E-state index in [9.17, 15) is 38.4 Å². The summed E-state index contributed by atoms with van der Waals surface area (Å²) in [6.07, 6.45) is 0.357. The second-order valence-electron chi connectivity index (χ2n) is 12.1. The van der Waals surface area contributed by atoms with Gasteiger partial charge in [-0.25, -0.2) is 9.59 Å². The molecule has 2 unspecified atom stereocenters. The molecule has 14 nitrogen and oxygen atoms in total. The Hall–Kier alpha value is -6.96. The molecule has 14 heteroatoms. The summed E-state index contributed by atoms with van der Waals surface area (Å²) in [7, 11) is 1.37. The van der Waals surface area contributed by atoms with Crippen LogP contribution < -0.4 is 25.4 Å². The van der Waals surface area contributed by atoms with Crippen LogP contribution in [0.1, 0.15) is 73.3 Å². The number of amides is 6. The zero-order valence-electron chi connectivity index (χ0n) is 26.7. The minimum Gasteiger partial charge on any atom is -0.423 e. The first-order valence-corrected chi connectivity index (χ1v) is 15.6. The fraction of sp³-hybridized carbons (Fsp3) is 0.135. The van der Waals surface area contributed by atoms with Gasteiger partial charge in [0.15, 0.2) is 0 Å². The van der Waals surface area contributed by atoms with Crippen LogP contribution in [0.4, 0.5) is 0 Å². The topological polar surface area (TPSA) is 194 Å². The van der Waals surface area contributed by atoms with Gasteiger partial charge >= 0.3 is 11.9 Å². The average Bonchev–Trinajstić information content (AvgIpc) is 3.53. The molecule has 4 aromatic carbocycles. The van der Waals surface area contributed by atoms with Crippen molar-refractivity contribution in [2.24, 2.45) is 0 Å². The third kappa shape index (κ3) is 6.33. The van der Waals surface area contributed by atoms with Crippen molar-refractivity contribution in [3.63, 3.8) is 0 Å². The molecule has 0 saturated carbocycles. The van der Waals surface area contributed by atoms with E-state index in [0.29, 0.717) is 11.1 Å². The van der Waals surface area contributed by atoms with E-state index in [1.165, 1.54) is 55.6 Å². The largest absolute Gasteiger partial charge is 0.423 e. The number of ether oxygens (including phenoxy) is 2.